The lowest BCUT2D eigenvalue weighted by Gasteiger charge is -2.12. The molecule has 0 atom stereocenters. The molecule has 1 amide bonds. The second kappa shape index (κ2) is 9.28. The zero-order valence-electron chi connectivity index (χ0n) is 14.5. The summed E-state index contributed by atoms with van der Waals surface area (Å²) in [5.74, 6) is -0.940. The van der Waals surface area contributed by atoms with Gasteiger partial charge in [-0.1, -0.05) is 65.1 Å². The van der Waals surface area contributed by atoms with Gasteiger partial charge in [-0.15, -0.1) is 0 Å². The Bertz CT molecular complexity index is 919. The summed E-state index contributed by atoms with van der Waals surface area (Å²) in [7, 11) is 0. The van der Waals surface area contributed by atoms with Gasteiger partial charge in [0.25, 0.3) is 5.91 Å². The highest BCUT2D eigenvalue weighted by atomic mass is 35.5. The third-order valence-electron chi connectivity index (χ3n) is 3.87. The van der Waals surface area contributed by atoms with E-state index in [1.165, 1.54) is 17.1 Å². The van der Waals surface area contributed by atoms with E-state index in [4.69, 9.17) is 44.3 Å². The fourth-order valence-electron chi connectivity index (χ4n) is 2.48. The number of ether oxygens (including phenoxy) is 2. The van der Waals surface area contributed by atoms with E-state index in [-0.39, 0.29) is 20.8 Å². The Morgan fingerprint density at radius 3 is 2.46 bits per heavy atom. The summed E-state index contributed by atoms with van der Waals surface area (Å²) in [6.07, 6.45) is 0.642. The number of halogens is 3. The molecule has 0 bridgehead atoms. The third kappa shape index (κ3) is 5.16. The summed E-state index contributed by atoms with van der Waals surface area (Å²) in [6, 6.07) is 12.4. The molecule has 1 aliphatic heterocycles. The second-order valence-electron chi connectivity index (χ2n) is 5.83. The number of carbonyl (C=O) groups excluding carboxylic acids is 2. The van der Waals surface area contributed by atoms with Crippen molar-refractivity contribution in [3.63, 3.8) is 0 Å². The molecule has 0 spiro atoms. The van der Waals surface area contributed by atoms with Crippen molar-refractivity contribution >= 4 is 52.4 Å². The van der Waals surface area contributed by atoms with Gasteiger partial charge in [0.1, 0.15) is 5.75 Å². The molecular formula is C19H15Cl3N2O4. The van der Waals surface area contributed by atoms with Crippen molar-refractivity contribution in [3.8, 4) is 5.75 Å². The molecule has 0 fully saturated rings. The van der Waals surface area contributed by atoms with E-state index in [1.54, 1.807) is 0 Å². The monoisotopic (exact) mass is 440 g/mol. The molecule has 2 aromatic rings. The normalized spacial score (nSPS) is 13.2. The molecule has 0 aliphatic carbocycles. The SMILES string of the molecule is O=C(COc1cc(Cl)c(Cl)cc1Cl)OCC(=O)N1CCC(c2ccccc2)=N1. The third-order valence-corrected chi connectivity index (χ3v) is 4.89. The minimum absolute atomic E-state index is 0.191. The van der Waals surface area contributed by atoms with Gasteiger partial charge in [0, 0.05) is 12.5 Å². The fraction of sp³-hybridized carbons (Fsp3) is 0.211. The second-order valence-corrected chi connectivity index (χ2v) is 7.05. The van der Waals surface area contributed by atoms with Crippen molar-refractivity contribution in [2.75, 3.05) is 19.8 Å². The lowest BCUT2D eigenvalue weighted by Crippen LogP contribution is -2.29. The summed E-state index contributed by atoms with van der Waals surface area (Å²) >= 11 is 17.7. The zero-order valence-corrected chi connectivity index (χ0v) is 16.8. The molecule has 3 rings (SSSR count). The molecule has 0 saturated carbocycles. The molecule has 0 saturated heterocycles. The van der Waals surface area contributed by atoms with Crippen LogP contribution in [0.1, 0.15) is 12.0 Å². The molecule has 1 aliphatic rings. The van der Waals surface area contributed by atoms with Crippen LogP contribution in [0.5, 0.6) is 5.75 Å². The molecule has 146 valence electrons. The highest BCUT2D eigenvalue weighted by Crippen LogP contribution is 2.33. The molecule has 1 heterocycles. The first-order valence-corrected chi connectivity index (χ1v) is 9.43. The van der Waals surface area contributed by atoms with Crippen LogP contribution < -0.4 is 4.74 Å². The van der Waals surface area contributed by atoms with E-state index in [0.29, 0.717) is 13.0 Å². The molecule has 0 N–H and O–H groups in total. The van der Waals surface area contributed by atoms with Gasteiger partial charge in [0.05, 0.1) is 27.3 Å². The number of amides is 1. The largest absolute Gasteiger partial charge is 0.480 e. The van der Waals surface area contributed by atoms with E-state index >= 15 is 0 Å². The Morgan fingerprint density at radius 1 is 1.00 bits per heavy atom. The van der Waals surface area contributed by atoms with E-state index in [1.807, 2.05) is 30.3 Å². The molecule has 0 radical (unpaired) electrons. The molecule has 6 nitrogen and oxygen atoms in total. The number of rotatable bonds is 6. The van der Waals surface area contributed by atoms with Gasteiger partial charge in [-0.2, -0.15) is 5.10 Å². The number of nitrogens with zero attached hydrogens (tertiary/aromatic N) is 2. The Hall–Kier alpha value is -2.28. The molecule has 9 heteroatoms. The number of esters is 1. The Balaban J connectivity index is 1.48. The van der Waals surface area contributed by atoms with E-state index in [2.05, 4.69) is 5.10 Å². The lowest BCUT2D eigenvalue weighted by atomic mass is 10.1. The first-order valence-electron chi connectivity index (χ1n) is 8.30. The predicted molar refractivity (Wildman–Crippen MR) is 107 cm³/mol. The summed E-state index contributed by atoms with van der Waals surface area (Å²) in [5, 5.41) is 6.31. The van der Waals surface area contributed by atoms with Gasteiger partial charge in [-0.05, 0) is 11.6 Å². The van der Waals surface area contributed by atoms with Gasteiger partial charge in [0.15, 0.2) is 13.2 Å². The van der Waals surface area contributed by atoms with Crippen LogP contribution >= 0.6 is 34.8 Å². The van der Waals surface area contributed by atoms with Crippen LogP contribution in [0.25, 0.3) is 0 Å². The maximum atomic E-state index is 12.2. The van der Waals surface area contributed by atoms with Crippen molar-refractivity contribution in [3.05, 3.63) is 63.1 Å². The Labute approximate surface area is 176 Å². The molecule has 28 heavy (non-hydrogen) atoms. The van der Waals surface area contributed by atoms with Crippen LogP contribution in [0.4, 0.5) is 0 Å². The van der Waals surface area contributed by atoms with Crippen molar-refractivity contribution in [1.82, 2.24) is 5.01 Å². The smallest absolute Gasteiger partial charge is 0.344 e. The van der Waals surface area contributed by atoms with Gasteiger partial charge < -0.3 is 9.47 Å². The van der Waals surface area contributed by atoms with Crippen LogP contribution in [0.3, 0.4) is 0 Å². The first-order chi connectivity index (χ1) is 13.4. The number of hydrogen-bond acceptors (Lipinski definition) is 5. The highest BCUT2D eigenvalue weighted by Gasteiger charge is 2.22. The fourth-order valence-corrected chi connectivity index (χ4v) is 3.07. The average Bonchev–Trinajstić information content (AvgIpc) is 3.19. The minimum Gasteiger partial charge on any atom is -0.480 e. The Kier molecular flexibility index (Phi) is 6.78. The average molecular weight is 442 g/mol. The maximum absolute atomic E-state index is 12.2. The molecular weight excluding hydrogens is 427 g/mol. The van der Waals surface area contributed by atoms with Gasteiger partial charge in [-0.3, -0.25) is 4.79 Å². The van der Waals surface area contributed by atoms with Crippen LogP contribution in [0, 0.1) is 0 Å². The van der Waals surface area contributed by atoms with Crippen molar-refractivity contribution < 1.29 is 19.1 Å². The van der Waals surface area contributed by atoms with Crippen LogP contribution in [0.2, 0.25) is 15.1 Å². The topological polar surface area (TPSA) is 68.2 Å². The molecule has 2 aromatic carbocycles. The summed E-state index contributed by atoms with van der Waals surface area (Å²) in [4.78, 5) is 24.0. The van der Waals surface area contributed by atoms with E-state index in [0.717, 1.165) is 11.3 Å². The molecule has 0 aromatic heterocycles. The van der Waals surface area contributed by atoms with Crippen LogP contribution in [0.15, 0.2) is 47.6 Å². The minimum atomic E-state index is -0.720. The molecule has 0 unspecified atom stereocenters. The van der Waals surface area contributed by atoms with Crippen molar-refractivity contribution in [1.29, 1.82) is 0 Å². The van der Waals surface area contributed by atoms with Gasteiger partial charge in [0.2, 0.25) is 0 Å². The number of benzene rings is 2. The van der Waals surface area contributed by atoms with Gasteiger partial charge >= 0.3 is 5.97 Å². The summed E-state index contributed by atoms with van der Waals surface area (Å²) in [6.45, 7) is -0.414. The number of hydrazone groups is 1. The summed E-state index contributed by atoms with van der Waals surface area (Å²) < 4.78 is 10.2. The van der Waals surface area contributed by atoms with Gasteiger partial charge in [-0.25, -0.2) is 9.80 Å². The van der Waals surface area contributed by atoms with E-state index < -0.39 is 25.1 Å². The quantitative estimate of drug-likeness (QED) is 0.497. The predicted octanol–water partition coefficient (Wildman–Crippen LogP) is 4.21. The summed E-state index contributed by atoms with van der Waals surface area (Å²) in [5.41, 5.74) is 1.78. The van der Waals surface area contributed by atoms with Crippen LogP contribution in [-0.4, -0.2) is 42.4 Å². The Morgan fingerprint density at radius 2 is 1.71 bits per heavy atom. The van der Waals surface area contributed by atoms with Crippen molar-refractivity contribution in [2.45, 2.75) is 6.42 Å². The number of carbonyl (C=O) groups is 2. The highest BCUT2D eigenvalue weighted by molar-refractivity contribution is 6.43. The standard InChI is InChI=1S/C19H15Cl3N2O4/c20-13-8-15(22)17(9-14(13)21)27-11-19(26)28-10-18(25)24-7-6-16(23-24)12-4-2-1-3-5-12/h1-5,8-9H,6-7,10-11H2. The maximum Gasteiger partial charge on any atom is 0.344 e. The first kappa shape index (κ1) is 20.5. The van der Waals surface area contributed by atoms with Crippen LogP contribution in [-0.2, 0) is 14.3 Å². The van der Waals surface area contributed by atoms with Crippen molar-refractivity contribution in [2.24, 2.45) is 5.10 Å². The van der Waals surface area contributed by atoms with E-state index in [9.17, 15) is 9.59 Å². The zero-order chi connectivity index (χ0) is 20.1. The lowest BCUT2D eigenvalue weighted by molar-refractivity contribution is -0.153. The number of hydrogen-bond donors (Lipinski definition) is 0.